The van der Waals surface area contributed by atoms with E-state index in [1.54, 1.807) is 0 Å². The van der Waals surface area contributed by atoms with Gasteiger partial charge in [-0.1, -0.05) is 0 Å². The Labute approximate surface area is 71.3 Å². The molecule has 1 aromatic carbocycles. The van der Waals surface area contributed by atoms with Crippen molar-refractivity contribution in [1.29, 1.82) is 0 Å². The van der Waals surface area contributed by atoms with Crippen molar-refractivity contribution in [2.45, 2.75) is 6.18 Å². The molecule has 13 heavy (non-hydrogen) atoms. The van der Waals surface area contributed by atoms with Crippen LogP contribution >= 0.6 is 0 Å². The van der Waals surface area contributed by atoms with Gasteiger partial charge in [0.05, 0.1) is 11.3 Å². The fraction of sp³-hybridized carbons (Fsp3) is 0.143. The minimum absolute atomic E-state index is 0.0667. The van der Waals surface area contributed by atoms with Gasteiger partial charge < -0.3 is 5.73 Å². The molecule has 0 aromatic heterocycles. The van der Waals surface area contributed by atoms with E-state index in [1.165, 1.54) is 0 Å². The van der Waals surface area contributed by atoms with Crippen molar-refractivity contribution >= 4 is 11.4 Å². The Hall–Kier alpha value is -1.59. The first-order valence-corrected chi connectivity index (χ1v) is 3.25. The molecule has 0 heterocycles. The van der Waals surface area contributed by atoms with Crippen LogP contribution in [0.3, 0.4) is 0 Å². The SMILES string of the molecule is Nc1ccc(C(F)(F)F)cc1N=O. The fourth-order valence-corrected chi connectivity index (χ4v) is 0.799. The molecule has 0 fully saturated rings. The van der Waals surface area contributed by atoms with Crippen LogP contribution in [0.1, 0.15) is 5.56 Å². The molecule has 6 heteroatoms. The van der Waals surface area contributed by atoms with Crippen LogP contribution in [0.15, 0.2) is 23.4 Å². The Morgan fingerprint density at radius 1 is 1.31 bits per heavy atom. The van der Waals surface area contributed by atoms with Gasteiger partial charge in [-0.3, -0.25) is 0 Å². The zero-order valence-electron chi connectivity index (χ0n) is 6.30. The lowest BCUT2D eigenvalue weighted by Crippen LogP contribution is -2.04. The maximum absolute atomic E-state index is 12.1. The Kier molecular flexibility index (Phi) is 2.22. The van der Waals surface area contributed by atoms with Gasteiger partial charge in [-0.2, -0.15) is 13.2 Å². The summed E-state index contributed by atoms with van der Waals surface area (Å²) < 4.78 is 36.2. The second-order valence-corrected chi connectivity index (χ2v) is 2.36. The van der Waals surface area contributed by atoms with E-state index in [2.05, 4.69) is 5.18 Å². The van der Waals surface area contributed by atoms with Gasteiger partial charge in [-0.05, 0) is 23.4 Å². The quantitative estimate of drug-likeness (QED) is 0.546. The summed E-state index contributed by atoms with van der Waals surface area (Å²) >= 11 is 0. The lowest BCUT2D eigenvalue weighted by Gasteiger charge is -2.06. The molecule has 0 amide bonds. The number of hydrogen-bond acceptors (Lipinski definition) is 3. The first kappa shape index (κ1) is 9.50. The maximum atomic E-state index is 12.1. The number of nitroso groups, excluding NO2 is 1. The van der Waals surface area contributed by atoms with E-state index in [4.69, 9.17) is 5.73 Å². The molecule has 0 aliphatic heterocycles. The molecular weight excluding hydrogens is 185 g/mol. The highest BCUT2D eigenvalue weighted by Crippen LogP contribution is 2.33. The number of alkyl halides is 3. The predicted molar refractivity (Wildman–Crippen MR) is 41.3 cm³/mol. The smallest absolute Gasteiger partial charge is 0.397 e. The molecule has 0 saturated heterocycles. The normalized spacial score (nSPS) is 11.3. The highest BCUT2D eigenvalue weighted by atomic mass is 19.4. The van der Waals surface area contributed by atoms with Gasteiger partial charge in [-0.15, -0.1) is 4.91 Å². The fourth-order valence-electron chi connectivity index (χ4n) is 0.799. The first-order chi connectivity index (χ1) is 5.95. The summed E-state index contributed by atoms with van der Waals surface area (Å²) in [5.74, 6) is 0. The lowest BCUT2D eigenvalue weighted by molar-refractivity contribution is -0.137. The molecule has 0 radical (unpaired) electrons. The number of halogens is 3. The number of nitrogens with zero attached hydrogens (tertiary/aromatic N) is 1. The molecular formula is C7H5F3N2O. The highest BCUT2D eigenvalue weighted by Gasteiger charge is 2.30. The van der Waals surface area contributed by atoms with Crippen LogP contribution in [0.25, 0.3) is 0 Å². The van der Waals surface area contributed by atoms with Crippen molar-refractivity contribution in [2.24, 2.45) is 5.18 Å². The van der Waals surface area contributed by atoms with E-state index < -0.39 is 17.4 Å². The topological polar surface area (TPSA) is 55.4 Å². The number of nitrogen functional groups attached to an aromatic ring is 1. The van der Waals surface area contributed by atoms with Gasteiger partial charge in [-0.25, -0.2) is 0 Å². The number of rotatable bonds is 1. The molecule has 0 spiro atoms. The standard InChI is InChI=1S/C7H5F3N2O/c8-7(9,10)4-1-2-5(11)6(3-4)12-13/h1-3H,11H2. The summed E-state index contributed by atoms with van der Waals surface area (Å²) in [6.07, 6.45) is -4.48. The van der Waals surface area contributed by atoms with Crippen molar-refractivity contribution in [3.8, 4) is 0 Å². The molecule has 0 aliphatic rings. The molecule has 0 saturated carbocycles. The Balaban J connectivity index is 3.21. The van der Waals surface area contributed by atoms with Crippen LogP contribution in [-0.2, 0) is 6.18 Å². The summed E-state index contributed by atoms with van der Waals surface area (Å²) in [5, 5.41) is 2.37. The zero-order chi connectivity index (χ0) is 10.1. The van der Waals surface area contributed by atoms with Gasteiger partial charge in [0, 0.05) is 0 Å². The Morgan fingerprint density at radius 2 is 1.92 bits per heavy atom. The molecule has 0 aliphatic carbocycles. The molecule has 0 bridgehead atoms. The van der Waals surface area contributed by atoms with E-state index >= 15 is 0 Å². The monoisotopic (exact) mass is 190 g/mol. The number of nitrogens with two attached hydrogens (primary N) is 1. The third-order valence-electron chi connectivity index (χ3n) is 1.46. The van der Waals surface area contributed by atoms with E-state index in [1.807, 2.05) is 0 Å². The van der Waals surface area contributed by atoms with Crippen LogP contribution in [0, 0.1) is 4.91 Å². The molecule has 0 unspecified atom stereocenters. The van der Waals surface area contributed by atoms with Crippen molar-refractivity contribution < 1.29 is 13.2 Å². The molecule has 1 aromatic rings. The summed E-state index contributed by atoms with van der Waals surface area (Å²) in [6.45, 7) is 0. The summed E-state index contributed by atoms with van der Waals surface area (Å²) in [4.78, 5) is 10.0. The minimum Gasteiger partial charge on any atom is -0.397 e. The third kappa shape index (κ3) is 1.95. The zero-order valence-corrected chi connectivity index (χ0v) is 6.30. The van der Waals surface area contributed by atoms with E-state index in [-0.39, 0.29) is 5.69 Å². The molecule has 0 atom stereocenters. The first-order valence-electron chi connectivity index (χ1n) is 3.25. The Bertz CT molecular complexity index is 335. The average Bonchev–Trinajstić information content (AvgIpc) is 2.03. The van der Waals surface area contributed by atoms with Crippen molar-refractivity contribution in [1.82, 2.24) is 0 Å². The summed E-state index contributed by atoms with van der Waals surface area (Å²) in [6, 6.07) is 2.41. The van der Waals surface area contributed by atoms with Crippen LogP contribution in [0.4, 0.5) is 24.5 Å². The molecule has 70 valence electrons. The number of anilines is 1. The van der Waals surface area contributed by atoms with Gasteiger partial charge in [0.2, 0.25) is 0 Å². The van der Waals surface area contributed by atoms with E-state index in [0.717, 1.165) is 12.1 Å². The van der Waals surface area contributed by atoms with Crippen LogP contribution in [0.5, 0.6) is 0 Å². The van der Waals surface area contributed by atoms with Crippen molar-refractivity contribution in [3.05, 3.63) is 28.7 Å². The maximum Gasteiger partial charge on any atom is 0.416 e. The summed E-state index contributed by atoms with van der Waals surface area (Å²) in [5.41, 5.74) is 3.79. The van der Waals surface area contributed by atoms with Gasteiger partial charge >= 0.3 is 6.18 Å². The average molecular weight is 190 g/mol. The van der Waals surface area contributed by atoms with Crippen LogP contribution in [0.2, 0.25) is 0 Å². The molecule has 2 N–H and O–H groups in total. The van der Waals surface area contributed by atoms with Crippen LogP contribution < -0.4 is 5.73 Å². The predicted octanol–water partition coefficient (Wildman–Crippen LogP) is 2.69. The highest BCUT2D eigenvalue weighted by molar-refractivity contribution is 5.63. The number of benzene rings is 1. The van der Waals surface area contributed by atoms with Crippen molar-refractivity contribution in [2.75, 3.05) is 5.73 Å². The number of hydrogen-bond donors (Lipinski definition) is 1. The summed E-state index contributed by atoms with van der Waals surface area (Å²) in [7, 11) is 0. The Morgan fingerprint density at radius 3 is 2.38 bits per heavy atom. The van der Waals surface area contributed by atoms with Gasteiger partial charge in [0.25, 0.3) is 0 Å². The largest absolute Gasteiger partial charge is 0.416 e. The van der Waals surface area contributed by atoms with Gasteiger partial charge in [0.1, 0.15) is 5.69 Å². The second kappa shape index (κ2) is 3.04. The second-order valence-electron chi connectivity index (χ2n) is 2.36. The van der Waals surface area contributed by atoms with Crippen molar-refractivity contribution in [3.63, 3.8) is 0 Å². The van der Waals surface area contributed by atoms with E-state index in [9.17, 15) is 18.1 Å². The third-order valence-corrected chi connectivity index (χ3v) is 1.46. The minimum atomic E-state index is -4.48. The molecule has 1 rings (SSSR count). The van der Waals surface area contributed by atoms with E-state index in [0.29, 0.717) is 6.07 Å². The lowest BCUT2D eigenvalue weighted by atomic mass is 10.2. The van der Waals surface area contributed by atoms with Gasteiger partial charge in [0.15, 0.2) is 0 Å². The molecule has 3 nitrogen and oxygen atoms in total. The van der Waals surface area contributed by atoms with Crippen LogP contribution in [-0.4, -0.2) is 0 Å².